The lowest BCUT2D eigenvalue weighted by Gasteiger charge is -2.60. The number of hydrogen-bond acceptors (Lipinski definition) is 21. The molecule has 3 saturated heterocycles. The average Bonchev–Trinajstić information content (AvgIpc) is 3.67. The first-order valence-electron chi connectivity index (χ1n) is 24.5. The van der Waals surface area contributed by atoms with Crippen LogP contribution in [0.3, 0.4) is 0 Å². The van der Waals surface area contributed by atoms with Crippen LogP contribution in [0.2, 0.25) is 0 Å². The van der Waals surface area contributed by atoms with Gasteiger partial charge in [-0.25, -0.2) is 4.79 Å². The Bertz CT molecular complexity index is 1860. The summed E-state index contributed by atoms with van der Waals surface area (Å²) in [6, 6.07) is 0. The molecule has 69 heavy (non-hydrogen) atoms. The van der Waals surface area contributed by atoms with Gasteiger partial charge in [-0.15, -0.1) is 0 Å². The third-order valence-electron chi connectivity index (χ3n) is 17.6. The largest absolute Gasteiger partial charge is 0.463 e. The Balaban J connectivity index is 1.00. The van der Waals surface area contributed by atoms with Crippen molar-refractivity contribution in [1.82, 2.24) is 0 Å². The molecule has 4 aliphatic carbocycles. The Kier molecular flexibility index (Phi) is 17.1. The Labute approximate surface area is 401 Å². The van der Waals surface area contributed by atoms with E-state index in [1.54, 1.807) is 6.92 Å². The lowest BCUT2D eigenvalue weighted by molar-refractivity contribution is -0.362. The second-order valence-corrected chi connectivity index (χ2v) is 21.3. The van der Waals surface area contributed by atoms with E-state index < -0.39 is 148 Å². The van der Waals surface area contributed by atoms with Gasteiger partial charge >= 0.3 is 11.9 Å². The standard InChI is InChI=1S/C48H76O21/c1-19(20(2)43(62)69-46-42(39(59)36(56)32(67-46)18-63-22(4)51)68-45-41(61)38(58)35(55)31(17-50)66-45)13-29(52)21(3)26-9-10-27-25-8-7-23-14-24(64-44-40(60)37(57)34(54)30(16-49)65-44)15-33(53)48(23,6)28(25)11-12-47(26,27)5/h7,21,24-42,44-46,49-50,52-61H,8-18H2,1-6H3/b20-19+/t21-,24+,25+,26+,27+,28-,29-,30+,31+,32+,33-,34+,35+,36+,37-,38-,39-,40+,41+,42+,44+,45-,46-,47+,48-/m1/s1. The number of aliphatic hydroxyl groups excluding tert-OH is 12. The quantitative estimate of drug-likeness (QED) is 0.0518. The third-order valence-corrected chi connectivity index (χ3v) is 17.6. The first-order chi connectivity index (χ1) is 32.5. The predicted molar refractivity (Wildman–Crippen MR) is 235 cm³/mol. The summed E-state index contributed by atoms with van der Waals surface area (Å²) in [4.78, 5) is 25.4. The first kappa shape index (κ1) is 54.5. The molecule has 3 heterocycles. The minimum absolute atomic E-state index is 0.106. The molecular formula is C48H76O21. The normalized spacial score (nSPS) is 47.9. The third kappa shape index (κ3) is 10.3. The fraction of sp³-hybridized carbons (Fsp3) is 0.875. The molecule has 0 spiro atoms. The van der Waals surface area contributed by atoms with E-state index in [1.807, 2.05) is 6.92 Å². The molecule has 7 rings (SSSR count). The second kappa shape index (κ2) is 21.7. The molecular weight excluding hydrogens is 913 g/mol. The maximum absolute atomic E-state index is 13.8. The molecule has 3 saturated carbocycles. The lowest BCUT2D eigenvalue weighted by atomic mass is 9.46. The van der Waals surface area contributed by atoms with Crippen molar-refractivity contribution >= 4 is 11.9 Å². The van der Waals surface area contributed by atoms with Crippen molar-refractivity contribution in [3.8, 4) is 0 Å². The summed E-state index contributed by atoms with van der Waals surface area (Å²) >= 11 is 0. The van der Waals surface area contributed by atoms with Gasteiger partial charge in [0.25, 0.3) is 0 Å². The number of allylic oxidation sites excluding steroid dienone is 1. The molecule has 394 valence electrons. The van der Waals surface area contributed by atoms with Crippen molar-refractivity contribution < 1.29 is 104 Å². The minimum Gasteiger partial charge on any atom is -0.463 e. The molecule has 21 heteroatoms. The van der Waals surface area contributed by atoms with Crippen LogP contribution in [-0.2, 0) is 42.7 Å². The van der Waals surface area contributed by atoms with E-state index in [4.69, 9.17) is 33.2 Å². The molecule has 12 N–H and O–H groups in total. The van der Waals surface area contributed by atoms with Gasteiger partial charge in [0.15, 0.2) is 18.7 Å². The minimum atomic E-state index is -1.91. The highest BCUT2D eigenvalue weighted by Gasteiger charge is 2.62. The molecule has 0 aromatic heterocycles. The highest BCUT2D eigenvalue weighted by molar-refractivity contribution is 5.88. The maximum Gasteiger partial charge on any atom is 0.336 e. The highest BCUT2D eigenvalue weighted by Crippen LogP contribution is 2.67. The van der Waals surface area contributed by atoms with Crippen LogP contribution >= 0.6 is 0 Å². The van der Waals surface area contributed by atoms with Crippen LogP contribution in [0.5, 0.6) is 0 Å². The Morgan fingerprint density at radius 2 is 1.32 bits per heavy atom. The summed E-state index contributed by atoms with van der Waals surface area (Å²) < 4.78 is 39.4. The van der Waals surface area contributed by atoms with Crippen LogP contribution < -0.4 is 0 Å². The van der Waals surface area contributed by atoms with E-state index in [2.05, 4.69) is 19.9 Å². The van der Waals surface area contributed by atoms with Crippen LogP contribution in [0.4, 0.5) is 0 Å². The predicted octanol–water partition coefficient (Wildman–Crippen LogP) is -1.82. The number of ether oxygens (including phenoxy) is 7. The van der Waals surface area contributed by atoms with Crippen molar-refractivity contribution in [2.75, 3.05) is 19.8 Å². The fourth-order valence-electron chi connectivity index (χ4n) is 13.2. The zero-order valence-corrected chi connectivity index (χ0v) is 40.2. The van der Waals surface area contributed by atoms with Crippen molar-refractivity contribution in [3.63, 3.8) is 0 Å². The molecule has 21 nitrogen and oxygen atoms in total. The number of hydrogen-bond donors (Lipinski definition) is 12. The zero-order chi connectivity index (χ0) is 50.6. The molecule has 3 aliphatic heterocycles. The summed E-state index contributed by atoms with van der Waals surface area (Å²) in [6.07, 6.45) is -19.0. The molecule has 6 fully saturated rings. The van der Waals surface area contributed by atoms with E-state index in [-0.39, 0.29) is 47.5 Å². The van der Waals surface area contributed by atoms with Gasteiger partial charge in [-0.1, -0.05) is 38.0 Å². The SMILES string of the molecule is CC(=O)OC[C@@H]1O[C@H](OC(=O)/C(C)=C(\C)C[C@@H](O)[C@H](C)[C@@H]2CC[C@H]3[C@@H]4CC=C5C[C@H](O[C@H]6O[C@@H](CO)[C@H](O)[C@@H](O)[C@@H]6O)C[C@@H](O)[C@@]5(C)[C@@H]4CC[C@@]23C)[C@@H](O[C@H]2O[C@@H](CO)[C@H](O)[C@@H](O)[C@@H]2O)[C@H](O)[C@H]1O. The van der Waals surface area contributed by atoms with Crippen molar-refractivity contribution in [2.24, 2.45) is 40.4 Å². The molecule has 7 aliphatic rings. The summed E-state index contributed by atoms with van der Waals surface area (Å²) in [5.74, 6) is -0.901. The first-order valence-corrected chi connectivity index (χ1v) is 24.5. The van der Waals surface area contributed by atoms with Crippen molar-refractivity contribution in [2.45, 2.75) is 203 Å². The molecule has 0 amide bonds. The van der Waals surface area contributed by atoms with Gasteiger partial charge in [0.2, 0.25) is 6.29 Å². The van der Waals surface area contributed by atoms with Crippen LogP contribution in [0.15, 0.2) is 22.8 Å². The number of fused-ring (bicyclic) bond motifs is 5. The van der Waals surface area contributed by atoms with Crippen LogP contribution in [0, 0.1) is 40.4 Å². The van der Waals surface area contributed by atoms with Gasteiger partial charge in [0.1, 0.15) is 73.8 Å². The molecule has 25 atom stereocenters. The number of esters is 2. The molecule has 0 unspecified atom stereocenters. The summed E-state index contributed by atoms with van der Waals surface area (Å²) in [5.41, 5.74) is 1.05. The Morgan fingerprint density at radius 3 is 1.91 bits per heavy atom. The maximum atomic E-state index is 13.8. The zero-order valence-electron chi connectivity index (χ0n) is 40.2. The fourth-order valence-corrected chi connectivity index (χ4v) is 13.2. The molecule has 0 aromatic carbocycles. The Morgan fingerprint density at radius 1 is 0.739 bits per heavy atom. The summed E-state index contributed by atoms with van der Waals surface area (Å²) in [5, 5.41) is 128. The van der Waals surface area contributed by atoms with Gasteiger partial charge in [-0.2, -0.15) is 0 Å². The second-order valence-electron chi connectivity index (χ2n) is 21.3. The van der Waals surface area contributed by atoms with Crippen LogP contribution in [-0.4, -0.2) is 203 Å². The summed E-state index contributed by atoms with van der Waals surface area (Å²) in [7, 11) is 0. The van der Waals surface area contributed by atoms with Gasteiger partial charge in [0, 0.05) is 24.3 Å². The van der Waals surface area contributed by atoms with Gasteiger partial charge in [-0.05, 0) is 93.8 Å². The van der Waals surface area contributed by atoms with Crippen LogP contribution in [0.25, 0.3) is 0 Å². The molecule has 0 bridgehead atoms. The van der Waals surface area contributed by atoms with E-state index in [0.717, 1.165) is 44.6 Å². The monoisotopic (exact) mass is 988 g/mol. The highest BCUT2D eigenvalue weighted by atomic mass is 16.8. The molecule has 0 aromatic rings. The van der Waals surface area contributed by atoms with Gasteiger partial charge < -0.3 is 94.4 Å². The summed E-state index contributed by atoms with van der Waals surface area (Å²) in [6.45, 7) is 8.89. The van der Waals surface area contributed by atoms with Crippen molar-refractivity contribution in [3.05, 3.63) is 22.8 Å². The lowest BCUT2D eigenvalue weighted by Crippen LogP contribution is -2.65. The van der Waals surface area contributed by atoms with Crippen molar-refractivity contribution in [1.29, 1.82) is 0 Å². The van der Waals surface area contributed by atoms with E-state index in [0.29, 0.717) is 17.9 Å². The molecule has 0 radical (unpaired) electrons. The number of carbonyl (C=O) groups excluding carboxylic acids is 2. The number of carbonyl (C=O) groups is 2. The smallest absolute Gasteiger partial charge is 0.336 e. The Hall–Kier alpha value is -2.26. The number of aliphatic hydroxyl groups is 12. The topological polar surface area (TPSA) is 342 Å². The van der Waals surface area contributed by atoms with Gasteiger partial charge in [-0.3, -0.25) is 4.79 Å². The van der Waals surface area contributed by atoms with E-state index in [1.165, 1.54) is 6.92 Å². The van der Waals surface area contributed by atoms with Crippen LogP contribution in [0.1, 0.15) is 92.9 Å². The van der Waals surface area contributed by atoms with Gasteiger partial charge in [0.05, 0.1) is 31.5 Å². The van der Waals surface area contributed by atoms with E-state index >= 15 is 0 Å². The average molecular weight is 989 g/mol. The van der Waals surface area contributed by atoms with E-state index in [9.17, 15) is 70.9 Å². The number of rotatable bonds is 14.